The quantitative estimate of drug-likeness (QED) is 0.0358. The first kappa shape index (κ1) is 57.2. The molecule has 442 valence electrons. The van der Waals surface area contributed by atoms with Gasteiger partial charge in [-0.3, -0.25) is 74.7 Å². The van der Waals surface area contributed by atoms with Gasteiger partial charge in [0.1, 0.15) is 79.5 Å². The third-order valence-corrected chi connectivity index (χ3v) is 16.7. The Morgan fingerprint density at radius 2 is 1.00 bits per heavy atom. The number of nitrogen functional groups attached to an aromatic ring is 3. The molecular formula is C40H50N17O22P3. The van der Waals surface area contributed by atoms with Crippen molar-refractivity contribution in [1.29, 1.82) is 0 Å². The number of nitrogens with one attached hydrogen (secondary N) is 3. The van der Waals surface area contributed by atoms with E-state index < -0.39 is 152 Å². The first-order valence-corrected chi connectivity index (χ1v) is 29.0. The number of phosphoric acid groups is 3. The van der Waals surface area contributed by atoms with Gasteiger partial charge in [0.15, 0.2) is 33.8 Å². The maximum Gasteiger partial charge on any atom is 0.472 e. The minimum atomic E-state index is -5.41. The van der Waals surface area contributed by atoms with Crippen molar-refractivity contribution in [3.8, 4) is 0 Å². The molecule has 14 N–H and O–H groups in total. The van der Waals surface area contributed by atoms with Crippen molar-refractivity contribution in [2.24, 2.45) is 0 Å². The third kappa shape index (κ3) is 11.7. The summed E-state index contributed by atoms with van der Waals surface area (Å²) in [5, 5.41) is 21.0. The molecule has 3 unspecified atom stereocenters. The van der Waals surface area contributed by atoms with Crippen molar-refractivity contribution in [3.05, 3.63) is 78.6 Å². The molecule has 4 aliphatic rings. The minimum Gasteiger partial charge on any atom is -0.394 e. The number of aliphatic hydroxyl groups is 2. The molecule has 0 saturated carbocycles. The number of rotatable bonds is 20. The van der Waals surface area contributed by atoms with Crippen LogP contribution in [-0.2, 0) is 59.8 Å². The lowest BCUT2D eigenvalue weighted by Gasteiger charge is -2.25. The molecule has 0 spiro atoms. The van der Waals surface area contributed by atoms with E-state index in [2.05, 4.69) is 49.8 Å². The lowest BCUT2D eigenvalue weighted by atomic mass is 10.2. The van der Waals surface area contributed by atoms with Gasteiger partial charge < -0.3 is 61.0 Å². The number of aliphatic hydroxyl groups excluding tert-OH is 2. The Labute approximate surface area is 455 Å². The second-order valence-corrected chi connectivity index (χ2v) is 23.3. The third-order valence-electron chi connectivity index (χ3n) is 13.6. The zero-order valence-electron chi connectivity index (χ0n) is 42.1. The van der Waals surface area contributed by atoms with Crippen LogP contribution in [-0.4, -0.2) is 168 Å². The first-order chi connectivity index (χ1) is 38.9. The van der Waals surface area contributed by atoms with Crippen LogP contribution in [0.5, 0.6) is 0 Å². The predicted molar refractivity (Wildman–Crippen MR) is 270 cm³/mol. The van der Waals surface area contributed by atoms with Crippen LogP contribution in [0, 0.1) is 6.92 Å². The molecule has 4 fully saturated rings. The smallest absolute Gasteiger partial charge is 0.394 e. The van der Waals surface area contributed by atoms with Crippen molar-refractivity contribution in [2.75, 3.05) is 43.6 Å². The molecule has 39 nitrogen and oxygen atoms in total. The second-order valence-electron chi connectivity index (χ2n) is 19.0. The normalized spacial score (nSPS) is 29.0. The lowest BCUT2D eigenvalue weighted by molar-refractivity contribution is -0.0628. The van der Waals surface area contributed by atoms with Crippen molar-refractivity contribution >= 4 is 74.7 Å². The number of nitrogens with two attached hydrogens (primary N) is 3. The zero-order chi connectivity index (χ0) is 58.2. The molecule has 7 aromatic rings. The van der Waals surface area contributed by atoms with Crippen LogP contribution in [0.25, 0.3) is 33.5 Å². The number of aryl methyl sites for hydroxylation is 1. The molecule has 11 heterocycles. The fourth-order valence-corrected chi connectivity index (χ4v) is 12.6. The Morgan fingerprint density at radius 3 is 1.51 bits per heavy atom. The van der Waals surface area contributed by atoms with Crippen LogP contribution in [0.2, 0.25) is 0 Å². The number of aromatic amines is 3. The molecule has 15 atom stereocenters. The SMILES string of the molecule is Cc1cn([C@H]2C[C@H](OP(=O)(O)OC[C@H]3O[C@@H](n4cnc5c(=O)[nH]c(N)nc54)C[C@@H]3OP(=O)(O)OC[C@H]3O[C@@H](n4cnc5c(=O)[nH]c(N)nc54)C[C@@H]3O)[C@@H](COP(=O)(O)O[C@H]3C[C@H](n4cnc5c(N)ncnc54)O[C@@H]3CO)O2)c(=O)[nH]c1=O. The summed E-state index contributed by atoms with van der Waals surface area (Å²) in [6, 6.07) is 0. The fourth-order valence-electron chi connectivity index (χ4n) is 9.74. The molecule has 0 aliphatic carbocycles. The number of hydrogen-bond donors (Lipinski definition) is 11. The highest BCUT2D eigenvalue weighted by Gasteiger charge is 2.48. The highest BCUT2D eigenvalue weighted by Crippen LogP contribution is 2.54. The molecule has 0 radical (unpaired) electrons. The summed E-state index contributed by atoms with van der Waals surface area (Å²) in [5.41, 5.74) is 14.6. The summed E-state index contributed by atoms with van der Waals surface area (Å²) in [5.74, 6) is -0.449. The van der Waals surface area contributed by atoms with E-state index in [4.69, 9.17) is 63.3 Å². The van der Waals surface area contributed by atoms with Crippen LogP contribution in [0.3, 0.4) is 0 Å². The molecule has 0 aromatic carbocycles. The maximum atomic E-state index is 14.0. The summed E-state index contributed by atoms with van der Waals surface area (Å²) in [7, 11) is -15.8. The van der Waals surface area contributed by atoms with Gasteiger partial charge in [-0.25, -0.2) is 43.4 Å². The number of imidazole rings is 3. The Morgan fingerprint density at radius 1 is 0.573 bits per heavy atom. The van der Waals surface area contributed by atoms with Crippen LogP contribution >= 0.6 is 23.5 Å². The molecule has 42 heteroatoms. The zero-order valence-corrected chi connectivity index (χ0v) is 44.8. The summed E-state index contributed by atoms with van der Waals surface area (Å²) in [4.78, 5) is 119. The summed E-state index contributed by atoms with van der Waals surface area (Å²) >= 11 is 0. The molecule has 11 rings (SSSR count). The average Bonchev–Trinajstić information content (AvgIpc) is 4.10. The van der Waals surface area contributed by atoms with E-state index in [1.807, 2.05) is 0 Å². The largest absolute Gasteiger partial charge is 0.472 e. The predicted octanol–water partition coefficient (Wildman–Crippen LogP) is -2.29. The van der Waals surface area contributed by atoms with Crippen LogP contribution in [0.1, 0.15) is 56.2 Å². The Hall–Kier alpha value is -6.58. The number of fused-ring (bicyclic) bond motifs is 3. The van der Waals surface area contributed by atoms with Crippen molar-refractivity contribution in [2.45, 2.75) is 106 Å². The fraction of sp³-hybridized carbons (Fsp3) is 0.525. The summed E-state index contributed by atoms with van der Waals surface area (Å²) in [6.45, 7) is -1.94. The van der Waals surface area contributed by atoms with Gasteiger partial charge >= 0.3 is 29.2 Å². The van der Waals surface area contributed by atoms with E-state index >= 15 is 0 Å². The topological polar surface area (TPSA) is 548 Å². The number of ether oxygens (including phenoxy) is 4. The molecule has 0 amide bonds. The Kier molecular flexibility index (Phi) is 15.5. The number of phosphoric ester groups is 3. The van der Waals surface area contributed by atoms with Gasteiger partial charge in [-0.05, 0) is 6.92 Å². The van der Waals surface area contributed by atoms with Crippen molar-refractivity contribution in [1.82, 2.24) is 68.1 Å². The molecule has 0 bridgehead atoms. The van der Waals surface area contributed by atoms with Crippen LogP contribution in [0.4, 0.5) is 17.7 Å². The van der Waals surface area contributed by atoms with E-state index in [-0.39, 0.29) is 76.0 Å². The number of H-pyrrole nitrogens is 3. The van der Waals surface area contributed by atoms with Crippen molar-refractivity contribution in [3.63, 3.8) is 0 Å². The maximum absolute atomic E-state index is 14.0. The van der Waals surface area contributed by atoms with Gasteiger partial charge in [-0.1, -0.05) is 0 Å². The first-order valence-electron chi connectivity index (χ1n) is 24.5. The standard InChI is InChI=1S/C40H50N17O22P3/c1-15-6-54(40(63)53-35(15)60)25-4-18(22(75-25)9-71-81(66,67)77-17-3-26(73-20(17)7-58)55-12-46-28-31(41)44-11-45-32(28)55)78-82(68,69)72-10-23-19(5-27(76-23)57-14-48-30-34(57)50-39(43)52-37(30)62)79-80(64,65)70-8-21-16(59)2-24(74-21)56-13-47-29-33(56)49-38(42)51-36(29)61/h6,11-14,16-27,58-59H,2-5,7-10H2,1H3,(H,64,65)(H,66,67)(H,68,69)(H2,41,44,45)(H,53,60,63)(H3,42,49,51,61)(H3,43,50,52,62)/t16-,17-,18-,19-,20+,21+,22+,23+,24+,25+,26+,27+/m0/s1. The molecule has 82 heavy (non-hydrogen) atoms. The highest BCUT2D eigenvalue weighted by molar-refractivity contribution is 7.48. The number of nitrogens with zero attached hydrogens (tertiary/aromatic N) is 11. The minimum absolute atomic E-state index is 0.0334. The van der Waals surface area contributed by atoms with E-state index in [1.54, 1.807) is 0 Å². The van der Waals surface area contributed by atoms with Crippen molar-refractivity contribution < 1.29 is 84.7 Å². The van der Waals surface area contributed by atoms with Gasteiger partial charge in [0, 0.05) is 37.4 Å². The second kappa shape index (κ2) is 22.2. The monoisotopic (exact) mass is 1210 g/mol. The van der Waals surface area contributed by atoms with E-state index in [0.29, 0.717) is 0 Å². The van der Waals surface area contributed by atoms with Gasteiger partial charge in [-0.2, -0.15) is 9.97 Å². The molecular weight excluding hydrogens is 1160 g/mol. The number of anilines is 3. The van der Waals surface area contributed by atoms with Gasteiger partial charge in [-0.15, -0.1) is 0 Å². The Balaban J connectivity index is 0.783. The van der Waals surface area contributed by atoms with Gasteiger partial charge in [0.25, 0.3) is 16.7 Å². The number of aromatic nitrogens is 14. The molecule has 4 saturated heterocycles. The summed E-state index contributed by atoms with van der Waals surface area (Å²) < 4.78 is 103. The summed E-state index contributed by atoms with van der Waals surface area (Å²) in [6.07, 6.45) is -11.0. The number of hydrogen-bond acceptors (Lipinski definition) is 29. The average molecular weight is 1210 g/mol. The highest BCUT2D eigenvalue weighted by atomic mass is 31.2. The van der Waals surface area contributed by atoms with Crippen LogP contribution in [0.15, 0.2) is 50.7 Å². The van der Waals surface area contributed by atoms with Gasteiger partial charge in [0.05, 0.1) is 51.5 Å². The van der Waals surface area contributed by atoms with E-state index in [9.17, 15) is 57.8 Å². The van der Waals surface area contributed by atoms with E-state index in [1.165, 1.54) is 39.6 Å². The Bertz CT molecular complexity index is 3960. The molecule has 4 aliphatic heterocycles. The lowest BCUT2D eigenvalue weighted by Crippen LogP contribution is -2.33. The van der Waals surface area contributed by atoms with E-state index in [0.717, 1.165) is 17.1 Å². The van der Waals surface area contributed by atoms with Gasteiger partial charge in [0.2, 0.25) is 11.9 Å². The molecule has 7 aromatic heterocycles. The van der Waals surface area contributed by atoms with Crippen LogP contribution < -0.4 is 39.6 Å².